The molecule has 32 heavy (non-hydrogen) atoms. The Morgan fingerprint density at radius 2 is 2.06 bits per heavy atom. The van der Waals surface area contributed by atoms with E-state index in [0.29, 0.717) is 12.4 Å². The molecule has 182 valence electrons. The van der Waals surface area contributed by atoms with E-state index in [1.54, 1.807) is 0 Å². The van der Waals surface area contributed by atoms with Gasteiger partial charge < -0.3 is 28.4 Å². The van der Waals surface area contributed by atoms with Gasteiger partial charge in [0.2, 0.25) is 0 Å². The number of aromatic nitrogens is 2. The summed E-state index contributed by atoms with van der Waals surface area (Å²) in [6.45, 7) is 3.67. The van der Waals surface area contributed by atoms with E-state index in [-0.39, 0.29) is 24.2 Å². The molecule has 0 amide bonds. The molecule has 3 unspecified atom stereocenters. The van der Waals surface area contributed by atoms with Gasteiger partial charge in [-0.05, 0) is 0 Å². The van der Waals surface area contributed by atoms with Crippen LogP contribution in [0.1, 0.15) is 20.1 Å². The predicted octanol–water partition coefficient (Wildman–Crippen LogP) is 0.165. The summed E-state index contributed by atoms with van der Waals surface area (Å²) in [5.74, 6) is 0.480. The van der Waals surface area contributed by atoms with E-state index in [2.05, 4.69) is 4.98 Å². The number of thioether (sulfide) groups is 1. The van der Waals surface area contributed by atoms with Gasteiger partial charge in [-0.1, -0.05) is 25.6 Å². The Bertz CT molecular complexity index is 876. The third-order valence-corrected chi connectivity index (χ3v) is 6.52. The van der Waals surface area contributed by atoms with E-state index in [9.17, 15) is 24.1 Å². The van der Waals surface area contributed by atoms with Gasteiger partial charge in [-0.2, -0.15) is 0 Å². The van der Waals surface area contributed by atoms with Gasteiger partial charge in [0.25, 0.3) is 5.56 Å². The highest BCUT2D eigenvalue weighted by Gasteiger charge is 2.47. The SMILES string of the molecule is COC1C(O[PH](=O)OCCOCCSC(=O)C(C)C)[C@@H](CO)O[C@H]1n1ccc(=O)[nH]c1=O. The van der Waals surface area contributed by atoms with Gasteiger partial charge in [-0.15, -0.1) is 0 Å². The standard InChI is InChI=1S/C18H29N2O10PS/c1-11(2)17(23)32-9-8-27-6-7-28-31(25)30-14-12(10-21)29-16(15(14)26-3)20-5-4-13(22)19-18(20)24/h4-5,11-12,14-16,21,31H,6-10H2,1-3H3,(H,19,22,24)/t12-,14?,15?,16-/m1/s1. The van der Waals surface area contributed by atoms with Crippen molar-refractivity contribution in [3.63, 3.8) is 0 Å². The maximum atomic E-state index is 12.3. The molecule has 0 aliphatic carbocycles. The van der Waals surface area contributed by atoms with E-state index >= 15 is 0 Å². The lowest BCUT2D eigenvalue weighted by atomic mass is 10.1. The number of carbonyl (C=O) groups excluding carboxylic acids is 1. The highest BCUT2D eigenvalue weighted by molar-refractivity contribution is 8.13. The van der Waals surface area contributed by atoms with E-state index in [1.165, 1.54) is 25.1 Å². The normalized spacial score (nSPS) is 24.2. The van der Waals surface area contributed by atoms with Crippen LogP contribution < -0.4 is 11.2 Å². The highest BCUT2D eigenvalue weighted by Crippen LogP contribution is 2.38. The second-order valence-electron chi connectivity index (χ2n) is 7.08. The van der Waals surface area contributed by atoms with Crippen LogP contribution in [-0.2, 0) is 32.6 Å². The van der Waals surface area contributed by atoms with Crippen LogP contribution >= 0.6 is 20.0 Å². The number of aliphatic hydroxyl groups excluding tert-OH is 1. The fourth-order valence-corrected chi connectivity index (χ4v) is 4.46. The second-order valence-corrected chi connectivity index (χ2v) is 9.20. The zero-order valence-corrected chi connectivity index (χ0v) is 19.9. The number of H-pyrrole nitrogens is 1. The van der Waals surface area contributed by atoms with E-state index in [1.807, 2.05) is 13.8 Å². The van der Waals surface area contributed by atoms with Crippen molar-refractivity contribution in [2.45, 2.75) is 38.4 Å². The Morgan fingerprint density at radius 3 is 2.69 bits per heavy atom. The van der Waals surface area contributed by atoms with Crippen LogP contribution in [0.25, 0.3) is 0 Å². The van der Waals surface area contributed by atoms with Gasteiger partial charge >= 0.3 is 13.9 Å². The van der Waals surface area contributed by atoms with Crippen molar-refractivity contribution in [2.24, 2.45) is 5.92 Å². The number of aromatic amines is 1. The number of aliphatic hydroxyl groups is 1. The number of hydrogen-bond acceptors (Lipinski definition) is 11. The number of carbonyl (C=O) groups is 1. The molecule has 1 aliphatic rings. The van der Waals surface area contributed by atoms with Crippen LogP contribution in [0, 0.1) is 5.92 Å². The Balaban J connectivity index is 1.83. The zero-order valence-electron chi connectivity index (χ0n) is 18.1. The minimum absolute atomic E-state index is 0.00157. The van der Waals surface area contributed by atoms with Gasteiger partial charge in [-0.25, -0.2) is 4.79 Å². The molecule has 1 aromatic rings. The zero-order chi connectivity index (χ0) is 23.7. The topological polar surface area (TPSA) is 155 Å². The molecule has 0 bridgehead atoms. The first kappa shape index (κ1) is 26.9. The van der Waals surface area contributed by atoms with Gasteiger partial charge in [0.1, 0.15) is 18.3 Å². The molecule has 1 fully saturated rings. The quantitative estimate of drug-likeness (QED) is 0.283. The maximum Gasteiger partial charge on any atom is 0.330 e. The summed E-state index contributed by atoms with van der Waals surface area (Å²) in [6.07, 6.45) is -2.61. The Kier molecular flexibility index (Phi) is 11.3. The summed E-state index contributed by atoms with van der Waals surface area (Å²) in [5.41, 5.74) is -1.30. The van der Waals surface area contributed by atoms with Crippen LogP contribution in [0.15, 0.2) is 21.9 Å². The first-order valence-corrected chi connectivity index (χ1v) is 12.2. The van der Waals surface area contributed by atoms with Crippen molar-refractivity contribution in [2.75, 3.05) is 39.3 Å². The van der Waals surface area contributed by atoms with Gasteiger partial charge in [0.05, 0.1) is 26.4 Å². The number of nitrogens with one attached hydrogen (secondary N) is 1. The number of methoxy groups -OCH3 is 1. The van der Waals surface area contributed by atoms with E-state index in [4.69, 9.17) is 23.3 Å². The number of nitrogens with zero attached hydrogens (tertiary/aromatic N) is 1. The Hall–Kier alpha value is -1.31. The van der Waals surface area contributed by atoms with Crippen molar-refractivity contribution in [3.05, 3.63) is 33.1 Å². The van der Waals surface area contributed by atoms with Crippen molar-refractivity contribution in [1.29, 1.82) is 0 Å². The number of ether oxygens (including phenoxy) is 3. The van der Waals surface area contributed by atoms with E-state index < -0.39 is 50.7 Å². The Labute approximate surface area is 189 Å². The van der Waals surface area contributed by atoms with Crippen molar-refractivity contribution in [1.82, 2.24) is 9.55 Å². The summed E-state index contributed by atoms with van der Waals surface area (Å²) in [7, 11) is -1.65. The summed E-state index contributed by atoms with van der Waals surface area (Å²) in [5, 5.41) is 9.72. The minimum Gasteiger partial charge on any atom is -0.394 e. The smallest absolute Gasteiger partial charge is 0.330 e. The number of rotatable bonds is 13. The lowest BCUT2D eigenvalue weighted by molar-refractivity contribution is -0.113. The Morgan fingerprint density at radius 1 is 1.31 bits per heavy atom. The molecule has 2 heterocycles. The molecule has 1 saturated heterocycles. The van der Waals surface area contributed by atoms with E-state index in [0.717, 1.165) is 10.6 Å². The highest BCUT2D eigenvalue weighted by atomic mass is 32.2. The monoisotopic (exact) mass is 496 g/mol. The molecule has 2 rings (SSSR count). The fourth-order valence-electron chi connectivity index (χ4n) is 2.90. The molecule has 1 aliphatic heterocycles. The van der Waals surface area contributed by atoms with Crippen LogP contribution in [0.4, 0.5) is 0 Å². The van der Waals surface area contributed by atoms with Crippen LogP contribution in [-0.4, -0.2) is 77.4 Å². The molecule has 1 aromatic heterocycles. The van der Waals surface area contributed by atoms with Crippen molar-refractivity contribution in [3.8, 4) is 0 Å². The lowest BCUT2D eigenvalue weighted by Gasteiger charge is -2.22. The van der Waals surface area contributed by atoms with Crippen LogP contribution in [0.5, 0.6) is 0 Å². The average molecular weight is 496 g/mol. The summed E-state index contributed by atoms with van der Waals surface area (Å²) >= 11 is 1.20. The van der Waals surface area contributed by atoms with Gasteiger partial charge in [0, 0.05) is 31.0 Å². The summed E-state index contributed by atoms with van der Waals surface area (Å²) in [4.78, 5) is 37.0. The molecular weight excluding hydrogens is 467 g/mol. The third-order valence-electron chi connectivity index (χ3n) is 4.49. The fraction of sp³-hybridized carbons (Fsp3) is 0.722. The van der Waals surface area contributed by atoms with Crippen molar-refractivity contribution >= 4 is 25.1 Å². The lowest BCUT2D eigenvalue weighted by Crippen LogP contribution is -2.39. The molecular formula is C18H29N2O10PS. The molecule has 12 nitrogen and oxygen atoms in total. The van der Waals surface area contributed by atoms with Crippen molar-refractivity contribution < 1.29 is 37.7 Å². The first-order chi connectivity index (χ1) is 15.3. The van der Waals surface area contributed by atoms with Crippen LogP contribution in [0.2, 0.25) is 0 Å². The third kappa shape index (κ3) is 7.63. The second kappa shape index (κ2) is 13.4. The molecule has 14 heteroatoms. The molecule has 0 spiro atoms. The molecule has 2 N–H and O–H groups in total. The summed E-state index contributed by atoms with van der Waals surface area (Å²) < 4.78 is 40.3. The first-order valence-electron chi connectivity index (χ1n) is 9.96. The minimum atomic E-state index is -3.00. The molecule has 0 aromatic carbocycles. The average Bonchev–Trinajstić information content (AvgIpc) is 3.09. The molecule has 0 radical (unpaired) electrons. The maximum absolute atomic E-state index is 12.3. The molecule has 5 atom stereocenters. The largest absolute Gasteiger partial charge is 0.394 e. The molecule has 0 saturated carbocycles. The number of hydrogen-bond donors (Lipinski definition) is 2. The predicted molar refractivity (Wildman–Crippen MR) is 116 cm³/mol. The summed E-state index contributed by atoms with van der Waals surface area (Å²) in [6, 6.07) is 1.14. The van der Waals surface area contributed by atoms with Gasteiger partial charge in [-0.3, -0.25) is 23.7 Å². The van der Waals surface area contributed by atoms with Crippen LogP contribution in [0.3, 0.4) is 0 Å². The van der Waals surface area contributed by atoms with Gasteiger partial charge in [0.15, 0.2) is 11.3 Å².